The lowest BCUT2D eigenvalue weighted by Gasteiger charge is -2.26. The number of imide groups is 1. The van der Waals surface area contributed by atoms with E-state index in [0.29, 0.717) is 23.5 Å². The summed E-state index contributed by atoms with van der Waals surface area (Å²) in [6.45, 7) is 1.90. The number of sulfonamides is 1. The molecule has 160 valence electrons. The number of amides is 2. The second-order valence-corrected chi connectivity index (χ2v) is 9.76. The van der Waals surface area contributed by atoms with Crippen molar-refractivity contribution in [3.05, 3.63) is 51.7 Å². The summed E-state index contributed by atoms with van der Waals surface area (Å²) >= 11 is 1.18. The number of hydrogen-bond acceptors (Lipinski definition) is 7. The van der Waals surface area contributed by atoms with Crippen molar-refractivity contribution >= 4 is 39.1 Å². The van der Waals surface area contributed by atoms with Crippen LogP contribution >= 0.6 is 11.3 Å². The van der Waals surface area contributed by atoms with Crippen molar-refractivity contribution < 1.29 is 27.5 Å². The lowest BCUT2D eigenvalue weighted by Crippen LogP contribution is -2.35. The largest absolute Gasteiger partial charge is 0.452 e. The van der Waals surface area contributed by atoms with Gasteiger partial charge >= 0.3 is 5.97 Å². The number of carbonyl (C=O) groups excluding carboxylic acids is 3. The summed E-state index contributed by atoms with van der Waals surface area (Å²) in [5.41, 5.74) is 0.582. The Hall–Kier alpha value is -2.56. The molecule has 10 heteroatoms. The Bertz CT molecular complexity index is 1040. The SMILES string of the molecule is Cc1ccc(S(=O)(=O)N2CCCCC2)cc1C(=O)OCC(=O)NC(=O)c1cccs1. The molecule has 0 saturated carbocycles. The predicted molar refractivity (Wildman–Crippen MR) is 111 cm³/mol. The number of ether oxygens (including phenoxy) is 1. The van der Waals surface area contributed by atoms with E-state index in [4.69, 9.17) is 4.74 Å². The third-order valence-corrected chi connectivity index (χ3v) is 7.48. The monoisotopic (exact) mass is 450 g/mol. The van der Waals surface area contributed by atoms with Crippen LogP contribution < -0.4 is 5.32 Å². The molecule has 0 unspecified atom stereocenters. The first-order valence-electron chi connectivity index (χ1n) is 9.44. The molecule has 2 heterocycles. The summed E-state index contributed by atoms with van der Waals surface area (Å²) in [5, 5.41) is 3.84. The molecule has 1 saturated heterocycles. The van der Waals surface area contributed by atoms with E-state index in [1.54, 1.807) is 24.4 Å². The smallest absolute Gasteiger partial charge is 0.338 e. The van der Waals surface area contributed by atoms with Crippen molar-refractivity contribution in [3.8, 4) is 0 Å². The van der Waals surface area contributed by atoms with Crippen LogP contribution in [0.2, 0.25) is 0 Å². The molecule has 2 aromatic rings. The van der Waals surface area contributed by atoms with E-state index >= 15 is 0 Å². The number of rotatable bonds is 6. The maximum Gasteiger partial charge on any atom is 0.338 e. The van der Waals surface area contributed by atoms with E-state index in [0.717, 1.165) is 19.3 Å². The van der Waals surface area contributed by atoms with Gasteiger partial charge in [0.05, 0.1) is 15.3 Å². The standard InChI is InChI=1S/C20H22N2O6S2/c1-14-7-8-15(30(26,27)22-9-3-2-4-10-22)12-16(14)20(25)28-13-18(23)21-19(24)17-6-5-11-29-17/h5-8,11-12H,2-4,9-10,13H2,1H3,(H,21,23,24). The molecular weight excluding hydrogens is 428 g/mol. The Morgan fingerprint density at radius 1 is 1.13 bits per heavy atom. The molecular formula is C20H22N2O6S2. The molecule has 30 heavy (non-hydrogen) atoms. The zero-order valence-electron chi connectivity index (χ0n) is 16.4. The predicted octanol–water partition coefficient (Wildman–Crippen LogP) is 2.34. The van der Waals surface area contributed by atoms with Gasteiger partial charge in [-0.2, -0.15) is 4.31 Å². The van der Waals surface area contributed by atoms with E-state index in [-0.39, 0.29) is 10.5 Å². The van der Waals surface area contributed by atoms with E-state index in [9.17, 15) is 22.8 Å². The Morgan fingerprint density at radius 2 is 1.87 bits per heavy atom. The molecule has 0 atom stereocenters. The van der Waals surface area contributed by atoms with Crippen molar-refractivity contribution in [1.29, 1.82) is 0 Å². The van der Waals surface area contributed by atoms with Gasteiger partial charge in [0.2, 0.25) is 10.0 Å². The number of aryl methyl sites for hydroxylation is 1. The number of hydrogen-bond donors (Lipinski definition) is 1. The van der Waals surface area contributed by atoms with Crippen LogP contribution in [0.5, 0.6) is 0 Å². The van der Waals surface area contributed by atoms with Gasteiger partial charge in [-0.3, -0.25) is 14.9 Å². The average molecular weight is 451 g/mol. The molecule has 3 rings (SSSR count). The number of piperidine rings is 1. The maximum absolute atomic E-state index is 12.8. The van der Waals surface area contributed by atoms with Gasteiger partial charge in [-0.15, -0.1) is 11.3 Å². The molecule has 1 N–H and O–H groups in total. The number of carbonyl (C=O) groups is 3. The minimum absolute atomic E-state index is 0.0132. The topological polar surface area (TPSA) is 110 Å². The Kier molecular flexibility index (Phi) is 7.01. The van der Waals surface area contributed by atoms with E-state index < -0.39 is 34.4 Å². The van der Waals surface area contributed by atoms with Crippen molar-refractivity contribution in [2.45, 2.75) is 31.1 Å². The first-order chi connectivity index (χ1) is 14.3. The number of esters is 1. The fourth-order valence-electron chi connectivity index (χ4n) is 3.08. The van der Waals surface area contributed by atoms with Crippen LogP contribution in [-0.2, 0) is 19.6 Å². The van der Waals surface area contributed by atoms with Gasteiger partial charge in [0.15, 0.2) is 6.61 Å². The minimum atomic E-state index is -3.70. The third kappa shape index (κ3) is 5.13. The summed E-state index contributed by atoms with van der Waals surface area (Å²) in [5.74, 6) is -2.17. The highest BCUT2D eigenvalue weighted by Gasteiger charge is 2.27. The number of nitrogens with zero attached hydrogens (tertiary/aromatic N) is 1. The second kappa shape index (κ2) is 9.50. The normalized spacial score (nSPS) is 14.8. The van der Waals surface area contributed by atoms with Crippen LogP contribution in [0.1, 0.15) is 44.9 Å². The molecule has 0 bridgehead atoms. The summed E-state index contributed by atoms with van der Waals surface area (Å²) in [6, 6.07) is 7.52. The van der Waals surface area contributed by atoms with Crippen LogP contribution in [0.4, 0.5) is 0 Å². The number of thiophene rings is 1. The average Bonchev–Trinajstić information content (AvgIpc) is 3.28. The van der Waals surface area contributed by atoms with Gasteiger partial charge in [-0.1, -0.05) is 18.6 Å². The molecule has 1 fully saturated rings. The Balaban J connectivity index is 1.66. The molecule has 0 aliphatic carbocycles. The molecule has 2 amide bonds. The van der Waals surface area contributed by atoms with E-state index in [1.165, 1.54) is 33.8 Å². The minimum Gasteiger partial charge on any atom is -0.452 e. The van der Waals surface area contributed by atoms with Crippen LogP contribution in [0.15, 0.2) is 40.6 Å². The van der Waals surface area contributed by atoms with Gasteiger partial charge in [-0.25, -0.2) is 13.2 Å². The van der Waals surface area contributed by atoms with Gasteiger partial charge < -0.3 is 4.74 Å². The molecule has 1 aromatic carbocycles. The summed E-state index contributed by atoms with van der Waals surface area (Å²) in [4.78, 5) is 36.6. The quantitative estimate of drug-likeness (QED) is 0.677. The zero-order chi connectivity index (χ0) is 21.7. The van der Waals surface area contributed by atoms with Crippen LogP contribution in [0, 0.1) is 6.92 Å². The lowest BCUT2D eigenvalue weighted by atomic mass is 10.1. The molecule has 1 aromatic heterocycles. The molecule has 0 spiro atoms. The molecule has 8 nitrogen and oxygen atoms in total. The van der Waals surface area contributed by atoms with Gasteiger partial charge in [0, 0.05) is 13.1 Å². The maximum atomic E-state index is 12.8. The fourth-order valence-corrected chi connectivity index (χ4v) is 5.24. The molecule has 1 aliphatic heterocycles. The summed E-state index contributed by atoms with van der Waals surface area (Å²) in [7, 11) is -3.70. The van der Waals surface area contributed by atoms with Crippen molar-refractivity contribution in [2.75, 3.05) is 19.7 Å². The van der Waals surface area contributed by atoms with Crippen LogP contribution in [0.3, 0.4) is 0 Å². The first-order valence-corrected chi connectivity index (χ1v) is 11.8. The van der Waals surface area contributed by atoms with Crippen molar-refractivity contribution in [1.82, 2.24) is 9.62 Å². The third-order valence-electron chi connectivity index (χ3n) is 4.71. The zero-order valence-corrected chi connectivity index (χ0v) is 18.1. The number of nitrogens with one attached hydrogen (secondary N) is 1. The summed E-state index contributed by atoms with van der Waals surface area (Å²) < 4.78 is 32.1. The van der Waals surface area contributed by atoms with Crippen LogP contribution in [0.25, 0.3) is 0 Å². The highest BCUT2D eigenvalue weighted by Crippen LogP contribution is 2.23. The first kappa shape index (κ1) is 22.1. The molecule has 1 aliphatic rings. The van der Waals surface area contributed by atoms with Gasteiger partial charge in [0.1, 0.15) is 0 Å². The Morgan fingerprint density at radius 3 is 2.53 bits per heavy atom. The van der Waals surface area contributed by atoms with E-state index in [1.807, 2.05) is 0 Å². The number of benzene rings is 1. The lowest BCUT2D eigenvalue weighted by molar-refractivity contribution is -0.123. The van der Waals surface area contributed by atoms with Crippen molar-refractivity contribution in [2.24, 2.45) is 0 Å². The molecule has 0 radical (unpaired) electrons. The van der Waals surface area contributed by atoms with Crippen LogP contribution in [-0.4, -0.2) is 50.2 Å². The van der Waals surface area contributed by atoms with Gasteiger partial charge in [0.25, 0.3) is 11.8 Å². The van der Waals surface area contributed by atoms with Gasteiger partial charge in [-0.05, 0) is 48.9 Å². The highest BCUT2D eigenvalue weighted by atomic mass is 32.2. The Labute approximate surface area is 178 Å². The fraction of sp³-hybridized carbons (Fsp3) is 0.350. The summed E-state index contributed by atoms with van der Waals surface area (Å²) in [6.07, 6.45) is 2.60. The second-order valence-electron chi connectivity index (χ2n) is 6.87. The highest BCUT2D eigenvalue weighted by molar-refractivity contribution is 7.89. The van der Waals surface area contributed by atoms with E-state index in [2.05, 4.69) is 5.32 Å². The van der Waals surface area contributed by atoms with Crippen molar-refractivity contribution in [3.63, 3.8) is 0 Å².